The molecule has 2 aromatic rings. The first-order chi connectivity index (χ1) is 14.0. The molecule has 0 aromatic heterocycles. The molecule has 8 nitrogen and oxygen atoms in total. The SMILES string of the molecule is CC(=NOCc1c(Cl)cccc1N(N)C(=O)N(C)N)c1cccc(OC(F)(F)F)c1. The van der Waals surface area contributed by atoms with E-state index in [-0.39, 0.29) is 23.1 Å². The molecule has 162 valence electrons. The molecule has 0 fully saturated rings. The highest BCUT2D eigenvalue weighted by atomic mass is 35.5. The average molecular weight is 446 g/mol. The second-order valence-corrected chi connectivity index (χ2v) is 6.43. The van der Waals surface area contributed by atoms with Crippen molar-refractivity contribution in [2.45, 2.75) is 19.9 Å². The van der Waals surface area contributed by atoms with Crippen LogP contribution < -0.4 is 21.4 Å². The summed E-state index contributed by atoms with van der Waals surface area (Å²) in [5, 5.41) is 5.76. The molecule has 0 saturated heterocycles. The number of halogens is 4. The Kier molecular flexibility index (Phi) is 7.48. The van der Waals surface area contributed by atoms with Crippen LogP contribution in [-0.4, -0.2) is 30.2 Å². The molecular formula is C18H19ClF3N5O3. The summed E-state index contributed by atoms with van der Waals surface area (Å²) in [6.45, 7) is 1.38. The monoisotopic (exact) mass is 445 g/mol. The summed E-state index contributed by atoms with van der Waals surface area (Å²) in [5.41, 5.74) is 1.26. The van der Waals surface area contributed by atoms with Gasteiger partial charge in [-0.3, -0.25) is 5.01 Å². The lowest BCUT2D eigenvalue weighted by Crippen LogP contribution is -2.49. The number of benzene rings is 2. The Labute approximate surface area is 175 Å². The number of rotatable bonds is 6. The number of nitrogens with zero attached hydrogens (tertiary/aromatic N) is 3. The van der Waals surface area contributed by atoms with E-state index < -0.39 is 12.4 Å². The summed E-state index contributed by atoms with van der Waals surface area (Å²) in [7, 11) is 1.33. The molecule has 0 spiro atoms. The Bertz CT molecular complexity index is 938. The highest BCUT2D eigenvalue weighted by molar-refractivity contribution is 6.31. The summed E-state index contributed by atoms with van der Waals surface area (Å²) in [6.07, 6.45) is -4.80. The minimum Gasteiger partial charge on any atom is -0.406 e. The fourth-order valence-corrected chi connectivity index (χ4v) is 2.58. The van der Waals surface area contributed by atoms with Gasteiger partial charge >= 0.3 is 12.4 Å². The maximum atomic E-state index is 12.4. The van der Waals surface area contributed by atoms with Crippen LogP contribution in [0.5, 0.6) is 5.75 Å². The van der Waals surface area contributed by atoms with Crippen molar-refractivity contribution in [2.75, 3.05) is 12.1 Å². The van der Waals surface area contributed by atoms with Crippen molar-refractivity contribution in [1.29, 1.82) is 0 Å². The first kappa shape index (κ1) is 23.3. The van der Waals surface area contributed by atoms with Crippen LogP contribution in [0.3, 0.4) is 0 Å². The molecule has 0 aliphatic carbocycles. The summed E-state index contributed by atoms with van der Waals surface area (Å²) in [4.78, 5) is 17.3. The van der Waals surface area contributed by atoms with Gasteiger partial charge < -0.3 is 9.57 Å². The number of carbonyl (C=O) groups is 1. The van der Waals surface area contributed by atoms with Crippen molar-refractivity contribution in [2.24, 2.45) is 16.8 Å². The number of carbonyl (C=O) groups excluding carboxylic acids is 1. The average Bonchev–Trinajstić information content (AvgIpc) is 2.66. The van der Waals surface area contributed by atoms with Gasteiger partial charge in [-0.2, -0.15) is 0 Å². The normalized spacial score (nSPS) is 11.8. The zero-order valence-electron chi connectivity index (χ0n) is 16.0. The van der Waals surface area contributed by atoms with Crippen molar-refractivity contribution in [3.8, 4) is 5.75 Å². The van der Waals surface area contributed by atoms with Gasteiger partial charge in [0.15, 0.2) is 0 Å². The molecule has 0 bridgehead atoms. The van der Waals surface area contributed by atoms with E-state index in [0.717, 1.165) is 10.0 Å². The Morgan fingerprint density at radius 3 is 2.50 bits per heavy atom. The summed E-state index contributed by atoms with van der Waals surface area (Å²) < 4.78 is 41.0. The number of urea groups is 1. The van der Waals surface area contributed by atoms with E-state index >= 15 is 0 Å². The minimum absolute atomic E-state index is 0.166. The van der Waals surface area contributed by atoms with Gasteiger partial charge in [-0.15, -0.1) is 13.2 Å². The number of nitrogens with two attached hydrogens (primary N) is 2. The third-order valence-electron chi connectivity index (χ3n) is 3.76. The van der Waals surface area contributed by atoms with Crippen LogP contribution in [0.15, 0.2) is 47.6 Å². The van der Waals surface area contributed by atoms with Crippen LogP contribution in [0.4, 0.5) is 23.7 Å². The number of oxime groups is 1. The predicted octanol–water partition coefficient (Wildman–Crippen LogP) is 3.79. The highest BCUT2D eigenvalue weighted by Gasteiger charge is 2.31. The Morgan fingerprint density at radius 1 is 1.20 bits per heavy atom. The van der Waals surface area contributed by atoms with Gasteiger partial charge in [0.05, 0.1) is 11.4 Å². The van der Waals surface area contributed by atoms with Crippen LogP contribution in [0.1, 0.15) is 18.1 Å². The Morgan fingerprint density at radius 2 is 1.87 bits per heavy atom. The van der Waals surface area contributed by atoms with E-state index in [0.29, 0.717) is 16.8 Å². The number of hydrogen-bond acceptors (Lipinski definition) is 6. The number of ether oxygens (including phenoxy) is 1. The lowest BCUT2D eigenvalue weighted by molar-refractivity contribution is -0.274. The van der Waals surface area contributed by atoms with Gasteiger partial charge in [-0.25, -0.2) is 21.5 Å². The van der Waals surface area contributed by atoms with Gasteiger partial charge in [0.25, 0.3) is 0 Å². The van der Waals surface area contributed by atoms with Crippen LogP contribution in [-0.2, 0) is 11.4 Å². The second kappa shape index (κ2) is 9.65. The fraction of sp³-hybridized carbons (Fsp3) is 0.222. The van der Waals surface area contributed by atoms with Gasteiger partial charge in [0.1, 0.15) is 12.4 Å². The maximum Gasteiger partial charge on any atom is 0.573 e. The Hall–Kier alpha value is -3.02. The predicted molar refractivity (Wildman–Crippen MR) is 106 cm³/mol. The molecule has 0 radical (unpaired) electrons. The van der Waals surface area contributed by atoms with Crippen molar-refractivity contribution >= 4 is 29.0 Å². The molecule has 0 aliphatic heterocycles. The van der Waals surface area contributed by atoms with Crippen LogP contribution >= 0.6 is 11.6 Å². The van der Waals surface area contributed by atoms with Crippen LogP contribution in [0.2, 0.25) is 5.02 Å². The number of hydrazine groups is 2. The lowest BCUT2D eigenvalue weighted by atomic mass is 10.1. The zero-order valence-corrected chi connectivity index (χ0v) is 16.7. The fourth-order valence-electron chi connectivity index (χ4n) is 2.35. The van der Waals surface area contributed by atoms with E-state index in [4.69, 9.17) is 28.1 Å². The van der Waals surface area contributed by atoms with E-state index in [1.165, 1.54) is 25.2 Å². The maximum absolute atomic E-state index is 12.4. The molecule has 0 atom stereocenters. The van der Waals surface area contributed by atoms with Crippen molar-refractivity contribution in [3.05, 3.63) is 58.6 Å². The summed E-state index contributed by atoms with van der Waals surface area (Å²) >= 11 is 6.18. The van der Waals surface area contributed by atoms with Gasteiger partial charge in [0, 0.05) is 23.2 Å². The number of anilines is 1. The molecule has 0 heterocycles. The molecule has 2 aromatic carbocycles. The van der Waals surface area contributed by atoms with Crippen molar-refractivity contribution < 1.29 is 27.5 Å². The molecule has 0 saturated carbocycles. The third-order valence-corrected chi connectivity index (χ3v) is 4.11. The molecule has 30 heavy (non-hydrogen) atoms. The van der Waals surface area contributed by atoms with E-state index in [9.17, 15) is 18.0 Å². The summed E-state index contributed by atoms with van der Waals surface area (Å²) in [5.74, 6) is 10.8. The first-order valence-corrected chi connectivity index (χ1v) is 8.74. The second-order valence-electron chi connectivity index (χ2n) is 6.03. The smallest absolute Gasteiger partial charge is 0.406 e. The van der Waals surface area contributed by atoms with E-state index in [1.807, 2.05) is 0 Å². The van der Waals surface area contributed by atoms with Crippen LogP contribution in [0, 0.1) is 0 Å². The topological polar surface area (TPSA) is 106 Å². The number of hydrogen-bond donors (Lipinski definition) is 2. The Balaban J connectivity index is 2.17. The quantitative estimate of drug-likeness (QED) is 0.304. The molecule has 2 rings (SSSR count). The van der Waals surface area contributed by atoms with E-state index in [1.54, 1.807) is 31.2 Å². The number of amides is 2. The minimum atomic E-state index is -4.80. The van der Waals surface area contributed by atoms with E-state index in [2.05, 4.69) is 9.89 Å². The van der Waals surface area contributed by atoms with Crippen molar-refractivity contribution in [3.63, 3.8) is 0 Å². The summed E-state index contributed by atoms with van der Waals surface area (Å²) in [6, 6.07) is 9.29. The molecule has 0 unspecified atom stereocenters. The molecule has 2 amide bonds. The highest BCUT2D eigenvalue weighted by Crippen LogP contribution is 2.28. The van der Waals surface area contributed by atoms with Gasteiger partial charge in [-0.05, 0) is 31.2 Å². The first-order valence-electron chi connectivity index (χ1n) is 8.37. The largest absolute Gasteiger partial charge is 0.573 e. The third kappa shape index (κ3) is 6.24. The van der Waals surface area contributed by atoms with Gasteiger partial charge in [-0.1, -0.05) is 35.0 Å². The standard InChI is InChI=1S/C18H19ClF3N5O3/c1-11(12-5-3-6-13(9-12)30-18(20,21)22)25-29-10-14-15(19)7-4-8-16(14)27(24)17(28)26(2)23/h3-9H,10,23-24H2,1-2H3. The molecule has 12 heteroatoms. The molecule has 4 N–H and O–H groups in total. The van der Waals surface area contributed by atoms with Crippen LogP contribution in [0.25, 0.3) is 0 Å². The molecule has 0 aliphatic rings. The van der Waals surface area contributed by atoms with Crippen molar-refractivity contribution in [1.82, 2.24) is 5.01 Å². The zero-order chi connectivity index (χ0) is 22.5. The number of alkyl halides is 3. The van der Waals surface area contributed by atoms with Gasteiger partial charge in [0.2, 0.25) is 0 Å². The molecular weight excluding hydrogens is 427 g/mol. The lowest BCUT2D eigenvalue weighted by Gasteiger charge is -2.23.